The third kappa shape index (κ3) is 5.79. The topological polar surface area (TPSA) is 67.6 Å². The number of nitrogens with one attached hydrogen (secondary N) is 1. The zero-order valence-electron chi connectivity index (χ0n) is 11.2. The molecular weight excluding hydrogens is 234 g/mol. The molecule has 0 saturated carbocycles. The normalized spacial score (nSPS) is 10.9. The lowest BCUT2D eigenvalue weighted by atomic mass is 10.3. The van der Waals surface area contributed by atoms with Gasteiger partial charge in [-0.2, -0.15) is 0 Å². The van der Waals surface area contributed by atoms with E-state index in [-0.39, 0.29) is 5.91 Å². The lowest BCUT2D eigenvalue weighted by Crippen LogP contribution is -2.35. The highest BCUT2D eigenvalue weighted by Crippen LogP contribution is 2.03. The molecule has 0 saturated heterocycles. The van der Waals surface area contributed by atoms with E-state index < -0.39 is 0 Å². The van der Waals surface area contributed by atoms with Gasteiger partial charge in [0.1, 0.15) is 5.76 Å². The van der Waals surface area contributed by atoms with E-state index in [1.54, 1.807) is 7.11 Å². The molecule has 0 aliphatic carbocycles. The number of nitrogens with zero attached hydrogens (tertiary/aromatic N) is 2. The van der Waals surface area contributed by atoms with Gasteiger partial charge in [-0.05, 0) is 20.4 Å². The number of hydrogen-bond acceptors (Lipinski definition) is 5. The fraction of sp³-hybridized carbons (Fsp3) is 0.667. The summed E-state index contributed by atoms with van der Waals surface area (Å²) in [6.07, 6.45) is 0.828. The van der Waals surface area contributed by atoms with Gasteiger partial charge in [0, 0.05) is 32.9 Å². The molecule has 0 unspecified atom stereocenters. The summed E-state index contributed by atoms with van der Waals surface area (Å²) in [4.78, 5) is 13.5. The van der Waals surface area contributed by atoms with Crippen molar-refractivity contribution in [2.45, 2.75) is 19.9 Å². The largest absolute Gasteiger partial charge is 0.385 e. The van der Waals surface area contributed by atoms with E-state index in [4.69, 9.17) is 9.26 Å². The maximum absolute atomic E-state index is 11.6. The maximum Gasteiger partial charge on any atom is 0.234 e. The van der Waals surface area contributed by atoms with Crippen molar-refractivity contribution in [3.63, 3.8) is 0 Å². The third-order valence-electron chi connectivity index (χ3n) is 2.37. The average Bonchev–Trinajstić information content (AvgIpc) is 2.70. The Kier molecular flexibility index (Phi) is 6.38. The van der Waals surface area contributed by atoms with Crippen molar-refractivity contribution < 1.29 is 14.1 Å². The van der Waals surface area contributed by atoms with E-state index in [0.29, 0.717) is 26.2 Å². The standard InChI is InChI=1S/C12H21N3O3/c1-10-7-11(14-18-10)8-15(2)9-12(16)13-5-4-6-17-3/h7H,4-6,8-9H2,1-3H3,(H,13,16). The molecule has 0 bridgehead atoms. The van der Waals surface area contributed by atoms with Gasteiger partial charge >= 0.3 is 0 Å². The third-order valence-corrected chi connectivity index (χ3v) is 2.37. The van der Waals surface area contributed by atoms with Crippen molar-refractivity contribution in [3.8, 4) is 0 Å². The van der Waals surface area contributed by atoms with Crippen LogP contribution in [-0.4, -0.2) is 49.8 Å². The number of hydrogen-bond donors (Lipinski definition) is 1. The molecule has 0 aliphatic heterocycles. The van der Waals surface area contributed by atoms with E-state index in [2.05, 4.69) is 10.5 Å². The summed E-state index contributed by atoms with van der Waals surface area (Å²) < 4.78 is 9.88. The molecule has 18 heavy (non-hydrogen) atoms. The molecule has 0 aromatic carbocycles. The zero-order chi connectivity index (χ0) is 13.4. The first-order chi connectivity index (χ1) is 8.61. The molecule has 0 atom stereocenters. The van der Waals surface area contributed by atoms with E-state index in [9.17, 15) is 4.79 Å². The Bertz CT molecular complexity index is 365. The Hall–Kier alpha value is -1.40. The number of carbonyl (C=O) groups excluding carboxylic acids is 1. The van der Waals surface area contributed by atoms with Gasteiger partial charge < -0.3 is 14.6 Å². The van der Waals surface area contributed by atoms with Gasteiger partial charge in [-0.1, -0.05) is 5.16 Å². The van der Waals surface area contributed by atoms with Crippen molar-refractivity contribution in [2.24, 2.45) is 0 Å². The highest BCUT2D eigenvalue weighted by atomic mass is 16.5. The van der Waals surface area contributed by atoms with Crippen LogP contribution in [0.5, 0.6) is 0 Å². The number of aromatic nitrogens is 1. The van der Waals surface area contributed by atoms with Crippen LogP contribution < -0.4 is 5.32 Å². The Labute approximate surface area is 107 Å². The molecule has 6 heteroatoms. The fourth-order valence-corrected chi connectivity index (χ4v) is 1.57. The van der Waals surface area contributed by atoms with Gasteiger partial charge in [0.05, 0.1) is 12.2 Å². The van der Waals surface area contributed by atoms with Crippen LogP contribution in [0.25, 0.3) is 0 Å². The molecule has 0 spiro atoms. The van der Waals surface area contributed by atoms with Crippen molar-refractivity contribution in [3.05, 3.63) is 17.5 Å². The van der Waals surface area contributed by atoms with Crippen LogP contribution >= 0.6 is 0 Å². The van der Waals surface area contributed by atoms with Crippen LogP contribution in [0.1, 0.15) is 17.9 Å². The van der Waals surface area contributed by atoms with Gasteiger partial charge in [-0.25, -0.2) is 0 Å². The molecule has 6 nitrogen and oxygen atoms in total. The molecule has 1 aromatic heterocycles. The number of carbonyl (C=O) groups is 1. The quantitative estimate of drug-likeness (QED) is 0.688. The second-order valence-electron chi connectivity index (χ2n) is 4.30. The lowest BCUT2D eigenvalue weighted by molar-refractivity contribution is -0.122. The number of aryl methyl sites for hydroxylation is 1. The molecule has 1 aromatic rings. The van der Waals surface area contributed by atoms with Gasteiger partial charge in [-0.15, -0.1) is 0 Å². The molecule has 1 heterocycles. The smallest absolute Gasteiger partial charge is 0.234 e. The van der Waals surface area contributed by atoms with E-state index >= 15 is 0 Å². The van der Waals surface area contributed by atoms with E-state index in [0.717, 1.165) is 17.9 Å². The summed E-state index contributed by atoms with van der Waals surface area (Å²) in [6.45, 7) is 4.10. The van der Waals surface area contributed by atoms with Crippen molar-refractivity contribution in [1.82, 2.24) is 15.4 Å². The maximum atomic E-state index is 11.6. The first kappa shape index (κ1) is 14.7. The highest BCUT2D eigenvalue weighted by molar-refractivity contribution is 5.77. The Morgan fingerprint density at radius 2 is 2.39 bits per heavy atom. The van der Waals surface area contributed by atoms with E-state index in [1.165, 1.54) is 0 Å². The monoisotopic (exact) mass is 255 g/mol. The summed E-state index contributed by atoms with van der Waals surface area (Å²) in [7, 11) is 3.52. The van der Waals surface area contributed by atoms with Crippen LogP contribution in [0.2, 0.25) is 0 Å². The van der Waals surface area contributed by atoms with Crippen molar-refractivity contribution in [1.29, 1.82) is 0 Å². The summed E-state index contributed by atoms with van der Waals surface area (Å²) in [6, 6.07) is 1.87. The Morgan fingerprint density at radius 3 is 3.00 bits per heavy atom. The SMILES string of the molecule is COCCCNC(=O)CN(C)Cc1cc(C)on1. The van der Waals surface area contributed by atoms with E-state index in [1.807, 2.05) is 24.9 Å². The molecular formula is C12H21N3O3. The first-order valence-electron chi connectivity index (χ1n) is 5.98. The molecule has 1 N–H and O–H groups in total. The number of likely N-dealkylation sites (N-methyl/N-ethyl adjacent to an activating group) is 1. The second-order valence-corrected chi connectivity index (χ2v) is 4.30. The number of methoxy groups -OCH3 is 1. The first-order valence-corrected chi connectivity index (χ1v) is 5.98. The fourth-order valence-electron chi connectivity index (χ4n) is 1.57. The molecule has 1 rings (SSSR count). The van der Waals surface area contributed by atoms with Crippen LogP contribution in [0.4, 0.5) is 0 Å². The Balaban J connectivity index is 2.19. The molecule has 102 valence electrons. The second kappa shape index (κ2) is 7.84. The summed E-state index contributed by atoms with van der Waals surface area (Å²) >= 11 is 0. The van der Waals surface area contributed by atoms with Crippen LogP contribution in [-0.2, 0) is 16.1 Å². The van der Waals surface area contributed by atoms with Crippen LogP contribution in [0.15, 0.2) is 10.6 Å². The van der Waals surface area contributed by atoms with Gasteiger partial charge in [0.15, 0.2) is 0 Å². The summed E-state index contributed by atoms with van der Waals surface area (Å²) in [5, 5.41) is 6.72. The summed E-state index contributed by atoms with van der Waals surface area (Å²) in [5.41, 5.74) is 0.835. The Morgan fingerprint density at radius 1 is 1.61 bits per heavy atom. The number of amides is 1. The number of rotatable bonds is 8. The molecule has 1 amide bonds. The average molecular weight is 255 g/mol. The van der Waals surface area contributed by atoms with Crippen molar-refractivity contribution in [2.75, 3.05) is 33.9 Å². The highest BCUT2D eigenvalue weighted by Gasteiger charge is 2.08. The lowest BCUT2D eigenvalue weighted by Gasteiger charge is -2.14. The predicted molar refractivity (Wildman–Crippen MR) is 67.1 cm³/mol. The number of ether oxygens (including phenoxy) is 1. The minimum Gasteiger partial charge on any atom is -0.385 e. The van der Waals surface area contributed by atoms with Gasteiger partial charge in [-0.3, -0.25) is 9.69 Å². The van der Waals surface area contributed by atoms with Crippen molar-refractivity contribution >= 4 is 5.91 Å². The predicted octanol–water partition coefficient (Wildman–Crippen LogP) is 0.568. The van der Waals surface area contributed by atoms with Gasteiger partial charge in [0.25, 0.3) is 0 Å². The van der Waals surface area contributed by atoms with Crippen LogP contribution in [0.3, 0.4) is 0 Å². The molecule has 0 radical (unpaired) electrons. The minimum absolute atomic E-state index is 0.00817. The minimum atomic E-state index is 0.00817. The van der Waals surface area contributed by atoms with Gasteiger partial charge in [0.2, 0.25) is 5.91 Å². The summed E-state index contributed by atoms with van der Waals surface area (Å²) in [5.74, 6) is 0.788. The molecule has 0 fully saturated rings. The zero-order valence-corrected chi connectivity index (χ0v) is 11.2. The van der Waals surface area contributed by atoms with Crippen LogP contribution in [0, 0.1) is 6.92 Å². The molecule has 0 aliphatic rings.